The van der Waals surface area contributed by atoms with Gasteiger partial charge in [-0.15, -0.1) is 0 Å². The van der Waals surface area contributed by atoms with E-state index in [2.05, 4.69) is 48.1 Å². The van der Waals surface area contributed by atoms with Crippen LogP contribution < -0.4 is 10.1 Å². The zero-order valence-corrected chi connectivity index (χ0v) is 13.9. The highest BCUT2D eigenvalue weighted by Crippen LogP contribution is 2.23. The van der Waals surface area contributed by atoms with Crippen molar-refractivity contribution in [3.8, 4) is 5.75 Å². The molecule has 2 nitrogen and oxygen atoms in total. The smallest absolute Gasteiger partial charge is 0.123 e. The fourth-order valence-corrected chi connectivity index (χ4v) is 2.17. The SMILES string of the molecule is Cc1ccc(Br)cc1OCCCCCNCC(C)C. The van der Waals surface area contributed by atoms with Gasteiger partial charge in [-0.2, -0.15) is 0 Å². The van der Waals surface area contributed by atoms with Crippen molar-refractivity contribution in [3.63, 3.8) is 0 Å². The van der Waals surface area contributed by atoms with Crippen LogP contribution in [0.3, 0.4) is 0 Å². The molecule has 0 atom stereocenters. The van der Waals surface area contributed by atoms with E-state index in [0.29, 0.717) is 0 Å². The summed E-state index contributed by atoms with van der Waals surface area (Å²) < 4.78 is 6.89. The van der Waals surface area contributed by atoms with Gasteiger partial charge in [0.25, 0.3) is 0 Å². The summed E-state index contributed by atoms with van der Waals surface area (Å²) in [6.45, 7) is 9.60. The molecule has 0 unspecified atom stereocenters. The van der Waals surface area contributed by atoms with Gasteiger partial charge < -0.3 is 10.1 Å². The van der Waals surface area contributed by atoms with E-state index < -0.39 is 0 Å². The Balaban J connectivity index is 2.06. The van der Waals surface area contributed by atoms with Crippen molar-refractivity contribution in [1.82, 2.24) is 5.32 Å². The number of rotatable bonds is 9. The van der Waals surface area contributed by atoms with Crippen molar-refractivity contribution in [1.29, 1.82) is 0 Å². The largest absolute Gasteiger partial charge is 0.493 e. The van der Waals surface area contributed by atoms with Crippen molar-refractivity contribution in [2.45, 2.75) is 40.0 Å². The molecule has 0 radical (unpaired) electrons. The molecule has 0 aromatic heterocycles. The topological polar surface area (TPSA) is 21.3 Å². The molecule has 0 aliphatic carbocycles. The molecule has 3 heteroatoms. The van der Waals surface area contributed by atoms with E-state index in [4.69, 9.17) is 4.74 Å². The number of aryl methyl sites for hydroxylation is 1. The Kier molecular flexibility index (Phi) is 8.15. The van der Waals surface area contributed by atoms with Crippen LogP contribution in [0.25, 0.3) is 0 Å². The molecule has 0 aliphatic heterocycles. The zero-order chi connectivity index (χ0) is 14.1. The minimum Gasteiger partial charge on any atom is -0.493 e. The van der Waals surface area contributed by atoms with Gasteiger partial charge in [-0.05, 0) is 62.9 Å². The molecular formula is C16H26BrNO. The Hall–Kier alpha value is -0.540. The predicted molar refractivity (Wildman–Crippen MR) is 85.9 cm³/mol. The molecule has 108 valence electrons. The number of ether oxygens (including phenoxy) is 1. The van der Waals surface area contributed by atoms with E-state index in [9.17, 15) is 0 Å². The minimum atomic E-state index is 0.739. The van der Waals surface area contributed by atoms with Crippen molar-refractivity contribution in [3.05, 3.63) is 28.2 Å². The van der Waals surface area contributed by atoms with Crippen LogP contribution in [0.15, 0.2) is 22.7 Å². The number of halogens is 1. The lowest BCUT2D eigenvalue weighted by Gasteiger charge is -2.10. The second-order valence-corrected chi connectivity index (χ2v) is 6.33. The molecule has 19 heavy (non-hydrogen) atoms. The number of nitrogens with one attached hydrogen (secondary N) is 1. The Bertz CT molecular complexity index is 366. The number of hydrogen-bond acceptors (Lipinski definition) is 2. The Labute approximate surface area is 126 Å². The summed E-state index contributed by atoms with van der Waals surface area (Å²) in [6, 6.07) is 6.16. The quantitative estimate of drug-likeness (QED) is 0.671. The number of hydrogen-bond donors (Lipinski definition) is 1. The lowest BCUT2D eigenvalue weighted by molar-refractivity contribution is 0.302. The van der Waals surface area contributed by atoms with E-state index in [1.54, 1.807) is 0 Å². The highest BCUT2D eigenvalue weighted by Gasteiger charge is 2.00. The van der Waals surface area contributed by atoms with Crippen LogP contribution in [0.2, 0.25) is 0 Å². The number of unbranched alkanes of at least 4 members (excludes halogenated alkanes) is 2. The summed E-state index contributed by atoms with van der Waals surface area (Å²) >= 11 is 3.47. The maximum atomic E-state index is 5.81. The average Bonchev–Trinajstić information content (AvgIpc) is 2.36. The fourth-order valence-electron chi connectivity index (χ4n) is 1.83. The zero-order valence-electron chi connectivity index (χ0n) is 12.3. The monoisotopic (exact) mass is 327 g/mol. The molecule has 0 amide bonds. The first kappa shape index (κ1) is 16.5. The van der Waals surface area contributed by atoms with Crippen LogP contribution in [0, 0.1) is 12.8 Å². The molecule has 1 N–H and O–H groups in total. The molecule has 1 aromatic rings. The molecule has 0 saturated carbocycles. The molecule has 0 heterocycles. The van der Waals surface area contributed by atoms with Gasteiger partial charge in [-0.25, -0.2) is 0 Å². The maximum Gasteiger partial charge on any atom is 0.123 e. The van der Waals surface area contributed by atoms with Crippen LogP contribution in [0.5, 0.6) is 5.75 Å². The van der Waals surface area contributed by atoms with Crippen LogP contribution in [-0.4, -0.2) is 19.7 Å². The fraction of sp³-hybridized carbons (Fsp3) is 0.625. The summed E-state index contributed by atoms with van der Waals surface area (Å²) in [4.78, 5) is 0. The third kappa shape index (κ3) is 7.58. The van der Waals surface area contributed by atoms with Crippen LogP contribution in [-0.2, 0) is 0 Å². The van der Waals surface area contributed by atoms with Crippen molar-refractivity contribution >= 4 is 15.9 Å². The average molecular weight is 328 g/mol. The first-order valence-electron chi connectivity index (χ1n) is 7.19. The highest BCUT2D eigenvalue weighted by atomic mass is 79.9. The van der Waals surface area contributed by atoms with Crippen LogP contribution >= 0.6 is 15.9 Å². The van der Waals surface area contributed by atoms with Gasteiger partial charge in [0.1, 0.15) is 5.75 Å². The Morgan fingerprint density at radius 3 is 2.74 bits per heavy atom. The summed E-state index contributed by atoms with van der Waals surface area (Å²) in [6.07, 6.45) is 3.57. The molecule has 0 spiro atoms. The van der Waals surface area contributed by atoms with Crippen LogP contribution in [0.4, 0.5) is 0 Å². The molecule has 0 bridgehead atoms. The summed E-state index contributed by atoms with van der Waals surface area (Å²) in [5.41, 5.74) is 1.20. The molecule has 0 aliphatic rings. The van der Waals surface area contributed by atoms with Gasteiger partial charge in [0, 0.05) is 4.47 Å². The highest BCUT2D eigenvalue weighted by molar-refractivity contribution is 9.10. The molecular weight excluding hydrogens is 302 g/mol. The maximum absolute atomic E-state index is 5.81. The van der Waals surface area contributed by atoms with E-state index in [0.717, 1.165) is 42.3 Å². The molecule has 1 rings (SSSR count). The van der Waals surface area contributed by atoms with E-state index in [-0.39, 0.29) is 0 Å². The Morgan fingerprint density at radius 1 is 1.21 bits per heavy atom. The lowest BCUT2D eigenvalue weighted by Crippen LogP contribution is -2.20. The second kappa shape index (κ2) is 9.38. The van der Waals surface area contributed by atoms with Crippen molar-refractivity contribution in [2.24, 2.45) is 5.92 Å². The van der Waals surface area contributed by atoms with Crippen molar-refractivity contribution < 1.29 is 4.74 Å². The molecule has 0 saturated heterocycles. The van der Waals surface area contributed by atoms with E-state index >= 15 is 0 Å². The minimum absolute atomic E-state index is 0.739. The third-order valence-electron chi connectivity index (χ3n) is 2.96. The number of benzene rings is 1. The second-order valence-electron chi connectivity index (χ2n) is 5.42. The Morgan fingerprint density at radius 2 is 2.00 bits per heavy atom. The summed E-state index contributed by atoms with van der Waals surface area (Å²) in [7, 11) is 0. The standard InChI is InChI=1S/C16H26BrNO/c1-13(2)12-18-9-5-4-6-10-19-16-11-15(17)8-7-14(16)3/h7-8,11,13,18H,4-6,9-10,12H2,1-3H3. The van der Waals surface area contributed by atoms with Gasteiger partial charge in [-0.3, -0.25) is 0 Å². The molecule has 0 fully saturated rings. The first-order chi connectivity index (χ1) is 9.09. The summed E-state index contributed by atoms with van der Waals surface area (Å²) in [5.74, 6) is 1.73. The third-order valence-corrected chi connectivity index (χ3v) is 3.45. The van der Waals surface area contributed by atoms with Gasteiger partial charge >= 0.3 is 0 Å². The first-order valence-corrected chi connectivity index (χ1v) is 7.98. The normalized spacial score (nSPS) is 11.0. The molecule has 1 aromatic carbocycles. The van der Waals surface area contributed by atoms with Gasteiger partial charge in [0.05, 0.1) is 6.61 Å². The van der Waals surface area contributed by atoms with E-state index in [1.807, 2.05) is 12.1 Å². The van der Waals surface area contributed by atoms with Gasteiger partial charge in [0.15, 0.2) is 0 Å². The lowest BCUT2D eigenvalue weighted by atomic mass is 10.2. The van der Waals surface area contributed by atoms with Crippen LogP contribution in [0.1, 0.15) is 38.7 Å². The van der Waals surface area contributed by atoms with Crippen molar-refractivity contribution in [2.75, 3.05) is 19.7 Å². The predicted octanol–water partition coefficient (Wildman–Crippen LogP) is 4.55. The summed E-state index contributed by atoms with van der Waals surface area (Å²) in [5, 5.41) is 3.46. The van der Waals surface area contributed by atoms with Gasteiger partial charge in [-0.1, -0.05) is 35.8 Å². The van der Waals surface area contributed by atoms with E-state index in [1.165, 1.54) is 18.4 Å². The van der Waals surface area contributed by atoms with Gasteiger partial charge in [0.2, 0.25) is 0 Å².